The van der Waals surface area contributed by atoms with E-state index in [0.29, 0.717) is 0 Å². The maximum Gasteiger partial charge on any atom is 0.0311 e. The van der Waals surface area contributed by atoms with Crippen LogP contribution in [0.5, 0.6) is 0 Å². The fraction of sp³-hybridized carbons (Fsp3) is 1.00. The van der Waals surface area contributed by atoms with Crippen molar-refractivity contribution in [1.29, 1.82) is 0 Å². The Hall–Kier alpha value is -0.170. The Morgan fingerprint density at radius 2 is 1.07 bits per heavy atom. The van der Waals surface area contributed by atoms with Crippen molar-refractivity contribution in [3.63, 3.8) is 0 Å². The molecule has 0 fully saturated rings. The van der Waals surface area contributed by atoms with Crippen LogP contribution >= 0.6 is 0 Å². The van der Waals surface area contributed by atoms with E-state index >= 15 is 0 Å². The average Bonchev–Trinajstić information content (AvgIpc) is 2.02. The predicted octanol–water partition coefficient (Wildman–Crippen LogP) is 1.18. The molecule has 0 aliphatic rings. The predicted molar refractivity (Wildman–Crippen MR) is 57.8 cm³/mol. The largest absolute Gasteiger partial charge is 0.759 e. The van der Waals surface area contributed by atoms with Crippen molar-refractivity contribution in [1.82, 2.24) is 4.90 Å². The van der Waals surface area contributed by atoms with E-state index in [-0.39, 0.29) is 0 Å². The number of nitrogens with zero attached hydrogens (tertiary/aromatic N) is 1. The molecule has 0 unspecified atom stereocenters. The fourth-order valence-corrected chi connectivity index (χ4v) is 1.28. The number of hydrogen-bond donors (Lipinski definition) is 0. The zero-order valence-corrected chi connectivity index (χ0v) is 10.5. The van der Waals surface area contributed by atoms with Gasteiger partial charge in [0.2, 0.25) is 0 Å². The Balaban J connectivity index is 0. The molecule has 0 rings (SSSR count). The molecule has 15 heavy (non-hydrogen) atoms. The Kier molecular flexibility index (Phi) is 11.9. The van der Waals surface area contributed by atoms with Gasteiger partial charge in [0.05, 0.1) is 0 Å². The van der Waals surface area contributed by atoms with Crippen molar-refractivity contribution in [2.45, 2.75) is 40.0 Å². The van der Waals surface area contributed by atoms with E-state index in [9.17, 15) is 0 Å². The molecule has 0 aliphatic heterocycles. The van der Waals surface area contributed by atoms with Gasteiger partial charge in [-0.3, -0.25) is 8.42 Å². The van der Waals surface area contributed by atoms with Crippen LogP contribution in [-0.4, -0.2) is 42.1 Å². The summed E-state index contributed by atoms with van der Waals surface area (Å²) in [5.74, 6) is 0. The van der Waals surface area contributed by atoms with Crippen molar-refractivity contribution in [2.75, 3.05) is 19.6 Å². The monoisotopic (exact) mass is 239 g/mol. The summed E-state index contributed by atoms with van der Waals surface area (Å²) in [6.45, 7) is 10.6. The third-order valence-corrected chi connectivity index (χ3v) is 1.62. The summed E-state index contributed by atoms with van der Waals surface area (Å²) in [4.78, 5) is 2.54. The van der Waals surface area contributed by atoms with Gasteiger partial charge in [0.25, 0.3) is 0 Å². The Morgan fingerprint density at radius 1 is 0.867 bits per heavy atom. The first-order valence-electron chi connectivity index (χ1n) is 5.24. The lowest BCUT2D eigenvalue weighted by molar-refractivity contribution is 0.275. The number of rotatable bonds is 6. The highest BCUT2D eigenvalue weighted by molar-refractivity contribution is 7.79. The maximum atomic E-state index is 8.52. The Labute approximate surface area is 93.1 Å². The topological polar surface area (TPSA) is 83.5 Å². The zero-order valence-electron chi connectivity index (χ0n) is 9.73. The van der Waals surface area contributed by atoms with Crippen LogP contribution in [0, 0.1) is 0 Å². The SMILES string of the molecule is CCCN(CCC)CCC.O=S(=O)([O-])[O-]. The molecular formula is C9H21NO4S-2. The molecule has 0 spiro atoms. The van der Waals surface area contributed by atoms with Gasteiger partial charge < -0.3 is 14.0 Å². The lowest BCUT2D eigenvalue weighted by atomic mass is 10.3. The van der Waals surface area contributed by atoms with Crippen LogP contribution in [0.1, 0.15) is 40.0 Å². The Morgan fingerprint density at radius 3 is 1.20 bits per heavy atom. The molecule has 0 N–H and O–H groups in total. The molecule has 0 saturated carbocycles. The standard InChI is InChI=1S/C9H21N.H2O4S/c1-4-7-10(8-5-2)9-6-3;1-5(2,3)4/h4-9H2,1-3H3;(H2,1,2,3,4)/p-2. The zero-order chi connectivity index (χ0) is 12.3. The van der Waals surface area contributed by atoms with Crippen LogP contribution in [0.25, 0.3) is 0 Å². The van der Waals surface area contributed by atoms with Gasteiger partial charge in [-0.1, -0.05) is 20.8 Å². The Bertz CT molecular complexity index is 194. The molecule has 5 nitrogen and oxygen atoms in total. The molecule has 0 heterocycles. The lowest BCUT2D eigenvalue weighted by Crippen LogP contribution is -2.25. The summed E-state index contributed by atoms with van der Waals surface area (Å²) in [5.41, 5.74) is 0. The van der Waals surface area contributed by atoms with E-state index in [1.54, 1.807) is 0 Å². The maximum absolute atomic E-state index is 8.52. The summed E-state index contributed by atoms with van der Waals surface area (Å²) in [5, 5.41) is 0. The summed E-state index contributed by atoms with van der Waals surface area (Å²) in [6, 6.07) is 0. The van der Waals surface area contributed by atoms with E-state index in [0.717, 1.165) is 0 Å². The van der Waals surface area contributed by atoms with Gasteiger partial charge in [-0.15, -0.1) is 0 Å². The second kappa shape index (κ2) is 10.4. The summed E-state index contributed by atoms with van der Waals surface area (Å²) in [7, 11) is -5.17. The van der Waals surface area contributed by atoms with Crippen molar-refractivity contribution in [3.05, 3.63) is 0 Å². The molecule has 0 aromatic heterocycles. The van der Waals surface area contributed by atoms with Crippen molar-refractivity contribution in [3.8, 4) is 0 Å². The van der Waals surface area contributed by atoms with Crippen LogP contribution < -0.4 is 0 Å². The summed E-state index contributed by atoms with van der Waals surface area (Å²) in [6.07, 6.45) is 3.88. The average molecular weight is 239 g/mol. The third-order valence-electron chi connectivity index (χ3n) is 1.62. The fourth-order valence-electron chi connectivity index (χ4n) is 1.28. The highest BCUT2D eigenvalue weighted by Gasteiger charge is 1.98. The first-order valence-corrected chi connectivity index (χ1v) is 6.57. The van der Waals surface area contributed by atoms with Gasteiger partial charge in [-0.2, -0.15) is 0 Å². The van der Waals surface area contributed by atoms with Gasteiger partial charge in [-0.25, -0.2) is 0 Å². The minimum absolute atomic E-state index is 1.28. The molecule has 94 valence electrons. The molecule has 0 radical (unpaired) electrons. The van der Waals surface area contributed by atoms with Gasteiger partial charge >= 0.3 is 0 Å². The second-order valence-corrected chi connectivity index (χ2v) is 4.07. The normalized spacial score (nSPS) is 11.1. The molecule has 0 aliphatic carbocycles. The van der Waals surface area contributed by atoms with Gasteiger partial charge in [0, 0.05) is 10.4 Å². The van der Waals surface area contributed by atoms with Crippen molar-refractivity contribution in [2.24, 2.45) is 0 Å². The first-order chi connectivity index (χ1) is 6.85. The third kappa shape index (κ3) is 24.8. The van der Waals surface area contributed by atoms with E-state index in [1.807, 2.05) is 0 Å². The van der Waals surface area contributed by atoms with E-state index in [4.69, 9.17) is 17.5 Å². The van der Waals surface area contributed by atoms with Gasteiger partial charge in [-0.05, 0) is 38.9 Å². The smallest absolute Gasteiger partial charge is 0.0311 e. The first kappa shape index (κ1) is 17.2. The van der Waals surface area contributed by atoms with E-state index in [2.05, 4.69) is 25.7 Å². The second-order valence-electron chi connectivity index (χ2n) is 3.25. The molecule has 0 aromatic rings. The van der Waals surface area contributed by atoms with Crippen molar-refractivity contribution >= 4 is 10.4 Å². The molecule has 0 bridgehead atoms. The molecule has 0 atom stereocenters. The van der Waals surface area contributed by atoms with Gasteiger partial charge in [0.1, 0.15) is 0 Å². The highest BCUT2D eigenvalue weighted by Crippen LogP contribution is 1.94. The van der Waals surface area contributed by atoms with Crippen LogP contribution in [0.3, 0.4) is 0 Å². The molecule has 0 aromatic carbocycles. The van der Waals surface area contributed by atoms with E-state index < -0.39 is 10.4 Å². The van der Waals surface area contributed by atoms with Crippen LogP contribution in [0.2, 0.25) is 0 Å². The van der Waals surface area contributed by atoms with Crippen LogP contribution in [0.4, 0.5) is 0 Å². The quantitative estimate of drug-likeness (QED) is 0.513. The summed E-state index contributed by atoms with van der Waals surface area (Å²) >= 11 is 0. The van der Waals surface area contributed by atoms with Crippen LogP contribution in [-0.2, 0) is 10.4 Å². The molecule has 0 saturated heterocycles. The molecule has 0 amide bonds. The van der Waals surface area contributed by atoms with E-state index in [1.165, 1.54) is 38.9 Å². The minimum atomic E-state index is -5.17. The van der Waals surface area contributed by atoms with Crippen molar-refractivity contribution < 1.29 is 17.5 Å². The number of hydrogen-bond acceptors (Lipinski definition) is 5. The molecular weight excluding hydrogens is 218 g/mol. The summed E-state index contributed by atoms with van der Waals surface area (Å²) < 4.78 is 34.1. The lowest BCUT2D eigenvalue weighted by Gasteiger charge is -2.19. The minimum Gasteiger partial charge on any atom is -0.759 e. The highest BCUT2D eigenvalue weighted by atomic mass is 32.3. The van der Waals surface area contributed by atoms with Gasteiger partial charge in [0.15, 0.2) is 0 Å². The van der Waals surface area contributed by atoms with Crippen LogP contribution in [0.15, 0.2) is 0 Å². The molecule has 6 heteroatoms.